The number of nitrogens with zero attached hydrogens (tertiary/aromatic N) is 2. The van der Waals surface area contributed by atoms with Crippen LogP contribution in [0.3, 0.4) is 0 Å². The van der Waals surface area contributed by atoms with Gasteiger partial charge >= 0.3 is 0 Å². The van der Waals surface area contributed by atoms with Crippen molar-refractivity contribution < 1.29 is 18.4 Å². The number of rotatable bonds is 5. The van der Waals surface area contributed by atoms with Gasteiger partial charge in [-0.1, -0.05) is 12.1 Å². The molecule has 0 aliphatic heterocycles. The number of amides is 2. The molecule has 0 aliphatic rings. The van der Waals surface area contributed by atoms with Crippen molar-refractivity contribution in [3.05, 3.63) is 78.4 Å². The molecule has 0 saturated carbocycles. The third-order valence-corrected chi connectivity index (χ3v) is 3.55. The summed E-state index contributed by atoms with van der Waals surface area (Å²) in [4.78, 5) is 28.8. The zero-order valence-electron chi connectivity index (χ0n) is 13.5. The maximum Gasteiger partial charge on any atom is 0.292 e. The molecule has 0 spiro atoms. The predicted octanol–water partition coefficient (Wildman–Crippen LogP) is 2.78. The fourth-order valence-corrected chi connectivity index (χ4v) is 2.38. The van der Waals surface area contributed by atoms with Crippen LogP contribution in [-0.4, -0.2) is 27.7 Å². The topological polar surface area (TPSA) is 75.5 Å². The molecule has 2 N–H and O–H groups in total. The Hall–Kier alpha value is -3.55. The number of pyridine rings is 1. The average molecular weight is 356 g/mol. The van der Waals surface area contributed by atoms with Crippen molar-refractivity contribution in [2.24, 2.45) is 0 Å². The number of nitrogens with one attached hydrogen (secondary N) is 2. The highest BCUT2D eigenvalue weighted by Gasteiger charge is 2.21. The van der Waals surface area contributed by atoms with Crippen molar-refractivity contribution in [1.82, 2.24) is 14.7 Å². The number of fused-ring (bicyclic) bond motifs is 1. The summed E-state index contributed by atoms with van der Waals surface area (Å²) in [5.74, 6) is -2.98. The van der Waals surface area contributed by atoms with Gasteiger partial charge in [0.05, 0.1) is 11.2 Å². The van der Waals surface area contributed by atoms with E-state index >= 15 is 0 Å². The smallest absolute Gasteiger partial charge is 0.292 e. The second-order valence-corrected chi connectivity index (χ2v) is 5.32. The van der Waals surface area contributed by atoms with Crippen LogP contribution < -0.4 is 10.6 Å². The van der Waals surface area contributed by atoms with Gasteiger partial charge in [-0.25, -0.2) is 13.8 Å². The van der Waals surface area contributed by atoms with E-state index in [1.54, 1.807) is 24.4 Å². The Labute approximate surface area is 147 Å². The number of carbonyl (C=O) groups is 2. The van der Waals surface area contributed by atoms with Crippen molar-refractivity contribution >= 4 is 23.0 Å². The quantitative estimate of drug-likeness (QED) is 0.690. The zero-order valence-corrected chi connectivity index (χ0v) is 13.5. The van der Waals surface area contributed by atoms with Crippen molar-refractivity contribution in [3.8, 4) is 0 Å². The Morgan fingerprint density at radius 3 is 2.73 bits per heavy atom. The third-order valence-electron chi connectivity index (χ3n) is 3.55. The second kappa shape index (κ2) is 7.14. The Morgan fingerprint density at radius 2 is 2.00 bits per heavy atom. The molecule has 2 heterocycles. The maximum absolute atomic E-state index is 13.8. The average Bonchev–Trinajstić information content (AvgIpc) is 3.02. The summed E-state index contributed by atoms with van der Waals surface area (Å²) in [6, 6.07) is 7.78. The van der Waals surface area contributed by atoms with Gasteiger partial charge in [-0.05, 0) is 24.3 Å². The van der Waals surface area contributed by atoms with Crippen LogP contribution in [0.15, 0.2) is 55.3 Å². The summed E-state index contributed by atoms with van der Waals surface area (Å²) in [5.41, 5.74) is 0.276. The van der Waals surface area contributed by atoms with E-state index in [0.717, 1.165) is 12.1 Å². The summed E-state index contributed by atoms with van der Waals surface area (Å²) in [7, 11) is 0. The lowest BCUT2D eigenvalue weighted by atomic mass is 10.3. The van der Waals surface area contributed by atoms with E-state index in [-0.39, 0.29) is 23.8 Å². The summed E-state index contributed by atoms with van der Waals surface area (Å²) < 4.78 is 28.2. The minimum atomic E-state index is -0.914. The van der Waals surface area contributed by atoms with E-state index in [1.807, 2.05) is 0 Å². The Bertz CT molecular complexity index is 1010. The minimum Gasteiger partial charge on any atom is -0.347 e. The zero-order chi connectivity index (χ0) is 18.7. The first-order chi connectivity index (χ1) is 12.5. The molecular formula is C18H14F2N4O2. The fraction of sp³-hybridized carbons (Fsp3) is 0.0556. The van der Waals surface area contributed by atoms with Crippen molar-refractivity contribution in [2.75, 3.05) is 11.9 Å². The molecule has 8 heteroatoms. The van der Waals surface area contributed by atoms with Crippen LogP contribution in [0.5, 0.6) is 0 Å². The summed E-state index contributed by atoms with van der Waals surface area (Å²) in [6.07, 6.45) is 3.07. The first kappa shape index (κ1) is 17.3. The van der Waals surface area contributed by atoms with E-state index in [1.165, 1.54) is 10.5 Å². The Balaban J connectivity index is 1.97. The first-order valence-electron chi connectivity index (χ1n) is 7.64. The molecule has 26 heavy (non-hydrogen) atoms. The fourth-order valence-electron chi connectivity index (χ4n) is 2.38. The van der Waals surface area contributed by atoms with Crippen LogP contribution in [-0.2, 0) is 0 Å². The standard InChI is InChI=1S/C18H14F2N4O2/c1-2-8-21-17(25)15-14-5-3-4-9-24(14)16(23-15)18(26)22-13-7-6-11(19)10-12(13)20/h2-7,9-10H,1,8H2,(H,21,25)(H,22,26). The maximum atomic E-state index is 13.8. The lowest BCUT2D eigenvalue weighted by molar-refractivity contribution is 0.0955. The van der Waals surface area contributed by atoms with Crippen LogP contribution in [0.25, 0.3) is 5.52 Å². The summed E-state index contributed by atoms with van der Waals surface area (Å²) in [5, 5.41) is 4.92. The van der Waals surface area contributed by atoms with E-state index in [0.29, 0.717) is 11.6 Å². The molecule has 0 saturated heterocycles. The Morgan fingerprint density at radius 1 is 1.19 bits per heavy atom. The highest BCUT2D eigenvalue weighted by molar-refractivity contribution is 6.06. The first-order valence-corrected chi connectivity index (χ1v) is 7.64. The molecule has 132 valence electrons. The van der Waals surface area contributed by atoms with E-state index < -0.39 is 23.4 Å². The third kappa shape index (κ3) is 3.30. The molecule has 0 fully saturated rings. The van der Waals surface area contributed by atoms with Crippen LogP contribution in [0.4, 0.5) is 14.5 Å². The van der Waals surface area contributed by atoms with Gasteiger partial charge < -0.3 is 10.6 Å². The highest BCUT2D eigenvalue weighted by Crippen LogP contribution is 2.18. The van der Waals surface area contributed by atoms with E-state index in [4.69, 9.17) is 0 Å². The molecule has 3 rings (SSSR count). The van der Waals surface area contributed by atoms with E-state index in [2.05, 4.69) is 22.2 Å². The molecule has 3 aromatic rings. The number of aromatic nitrogens is 2. The van der Waals surface area contributed by atoms with Gasteiger partial charge in [0.2, 0.25) is 5.82 Å². The number of carbonyl (C=O) groups excluding carboxylic acids is 2. The molecule has 2 amide bonds. The summed E-state index contributed by atoms with van der Waals surface area (Å²) in [6.45, 7) is 3.76. The van der Waals surface area contributed by atoms with Gasteiger partial charge in [0.25, 0.3) is 11.8 Å². The van der Waals surface area contributed by atoms with Gasteiger partial charge in [-0.3, -0.25) is 14.0 Å². The van der Waals surface area contributed by atoms with Crippen molar-refractivity contribution in [2.45, 2.75) is 0 Å². The van der Waals surface area contributed by atoms with Crippen LogP contribution in [0, 0.1) is 11.6 Å². The number of hydrogen-bond donors (Lipinski definition) is 2. The molecule has 0 aliphatic carbocycles. The molecule has 0 atom stereocenters. The number of benzene rings is 1. The van der Waals surface area contributed by atoms with Gasteiger partial charge in [0, 0.05) is 18.8 Å². The largest absolute Gasteiger partial charge is 0.347 e. The monoisotopic (exact) mass is 356 g/mol. The van der Waals surface area contributed by atoms with Crippen molar-refractivity contribution in [1.29, 1.82) is 0 Å². The van der Waals surface area contributed by atoms with Crippen LogP contribution in [0.1, 0.15) is 21.1 Å². The lowest BCUT2D eigenvalue weighted by Gasteiger charge is -2.05. The van der Waals surface area contributed by atoms with E-state index in [9.17, 15) is 18.4 Å². The van der Waals surface area contributed by atoms with Gasteiger partial charge in [0.1, 0.15) is 11.6 Å². The normalized spacial score (nSPS) is 10.5. The molecule has 2 aromatic heterocycles. The SMILES string of the molecule is C=CCNC(=O)c1nc(C(=O)Nc2ccc(F)cc2F)n2ccccc12. The molecule has 0 bridgehead atoms. The molecule has 1 aromatic carbocycles. The number of imidazole rings is 1. The number of halogens is 2. The highest BCUT2D eigenvalue weighted by atomic mass is 19.1. The minimum absolute atomic E-state index is 0.0529. The Kier molecular flexibility index (Phi) is 4.74. The summed E-state index contributed by atoms with van der Waals surface area (Å²) >= 11 is 0. The molecule has 6 nitrogen and oxygen atoms in total. The molecule has 0 unspecified atom stereocenters. The lowest BCUT2D eigenvalue weighted by Crippen LogP contribution is -2.24. The molecular weight excluding hydrogens is 342 g/mol. The number of hydrogen-bond acceptors (Lipinski definition) is 3. The van der Waals surface area contributed by atoms with Gasteiger partial charge in [0.15, 0.2) is 5.69 Å². The van der Waals surface area contributed by atoms with Gasteiger partial charge in [-0.2, -0.15) is 0 Å². The predicted molar refractivity (Wildman–Crippen MR) is 92.0 cm³/mol. The second-order valence-electron chi connectivity index (χ2n) is 5.32. The van der Waals surface area contributed by atoms with Gasteiger partial charge in [-0.15, -0.1) is 6.58 Å². The number of anilines is 1. The molecule has 0 radical (unpaired) electrons. The van der Waals surface area contributed by atoms with Crippen LogP contribution >= 0.6 is 0 Å². The van der Waals surface area contributed by atoms with Crippen LogP contribution in [0.2, 0.25) is 0 Å². The van der Waals surface area contributed by atoms with Crippen molar-refractivity contribution in [3.63, 3.8) is 0 Å².